The summed E-state index contributed by atoms with van der Waals surface area (Å²) in [6, 6.07) is 8.53. The number of rotatable bonds is 5. The molecule has 3 rings (SSSR count). The third kappa shape index (κ3) is 4.76. The number of nitrogens with one attached hydrogen (secondary N) is 1. The second-order valence-electron chi connectivity index (χ2n) is 7.39. The summed E-state index contributed by atoms with van der Waals surface area (Å²) in [4.78, 5) is 20.4. The number of hydrogen-bond acceptors (Lipinski definition) is 3. The molecule has 0 spiro atoms. The molecule has 2 aromatic carbocycles. The zero-order chi connectivity index (χ0) is 21.3. The van der Waals surface area contributed by atoms with Crippen molar-refractivity contribution in [3.63, 3.8) is 0 Å². The first-order valence-corrected chi connectivity index (χ1v) is 10.0. The Bertz CT molecular complexity index is 1000. The highest BCUT2D eigenvalue weighted by molar-refractivity contribution is 7.22. The van der Waals surface area contributed by atoms with E-state index >= 15 is 0 Å². The molecule has 0 unspecified atom stereocenters. The maximum absolute atomic E-state index is 13.2. The summed E-state index contributed by atoms with van der Waals surface area (Å²) in [5.74, 6) is -0.482. The van der Waals surface area contributed by atoms with Crippen LogP contribution < -0.4 is 9.80 Å². The summed E-state index contributed by atoms with van der Waals surface area (Å²) in [7, 11) is 3.91. The minimum absolute atomic E-state index is 0.000184. The Hall–Kier alpha value is -2.45. The number of likely N-dealkylation sites (N-methyl/N-ethyl adjacent to an activating group) is 1. The molecule has 0 atom stereocenters. The first-order chi connectivity index (χ1) is 13.6. The summed E-state index contributed by atoms with van der Waals surface area (Å²) >= 11 is 1.38. The van der Waals surface area contributed by atoms with Crippen LogP contribution in [0.3, 0.4) is 0 Å². The van der Waals surface area contributed by atoms with Gasteiger partial charge < -0.3 is 4.90 Å². The van der Waals surface area contributed by atoms with Crippen molar-refractivity contribution in [2.45, 2.75) is 20.0 Å². The molecule has 0 fully saturated rings. The van der Waals surface area contributed by atoms with Crippen molar-refractivity contribution in [2.75, 3.05) is 32.1 Å². The summed E-state index contributed by atoms with van der Waals surface area (Å²) in [5, 5.41) is 0.494. The molecule has 8 heteroatoms. The van der Waals surface area contributed by atoms with Crippen LogP contribution in [-0.2, 0) is 6.18 Å². The number of halogens is 3. The number of amides is 1. The Kier molecular flexibility index (Phi) is 5.95. The van der Waals surface area contributed by atoms with E-state index in [2.05, 4.69) is 4.98 Å². The van der Waals surface area contributed by atoms with Crippen LogP contribution in [0.4, 0.5) is 18.3 Å². The highest BCUT2D eigenvalue weighted by Crippen LogP contribution is 2.33. The van der Waals surface area contributed by atoms with Gasteiger partial charge in [0.1, 0.15) is 0 Å². The van der Waals surface area contributed by atoms with Crippen molar-refractivity contribution < 1.29 is 22.9 Å². The number of alkyl halides is 3. The zero-order valence-electron chi connectivity index (χ0n) is 16.7. The van der Waals surface area contributed by atoms with Gasteiger partial charge in [-0.15, -0.1) is 0 Å². The predicted molar refractivity (Wildman–Crippen MR) is 110 cm³/mol. The van der Waals surface area contributed by atoms with E-state index in [0.717, 1.165) is 38.4 Å². The Morgan fingerprint density at radius 1 is 1.14 bits per heavy atom. The SMILES string of the molecule is Cc1cc2nc(N(CC[NH+](C)C)C(=O)c3cccc(C(F)(F)F)c3)sc2cc1C. The Labute approximate surface area is 171 Å². The zero-order valence-corrected chi connectivity index (χ0v) is 17.5. The standard InChI is InChI=1S/C21H22F3N3OS/c1-13-10-17-18(11-14(13)2)29-20(25-17)27(9-8-26(3)4)19(28)15-6-5-7-16(12-15)21(22,23)24/h5-7,10-12H,8-9H2,1-4H3/p+1. The number of aryl methyl sites for hydroxylation is 2. The summed E-state index contributed by atoms with van der Waals surface area (Å²) in [5.41, 5.74) is 2.17. The number of fused-ring (bicyclic) bond motifs is 1. The van der Waals surface area contributed by atoms with Crippen LogP contribution in [-0.4, -0.2) is 38.1 Å². The maximum atomic E-state index is 13.2. The van der Waals surface area contributed by atoms with Gasteiger partial charge in [0.2, 0.25) is 0 Å². The number of nitrogens with zero attached hydrogens (tertiary/aromatic N) is 2. The van der Waals surface area contributed by atoms with E-state index in [0.29, 0.717) is 18.2 Å². The highest BCUT2D eigenvalue weighted by atomic mass is 32.1. The molecule has 0 saturated carbocycles. The minimum atomic E-state index is -4.50. The predicted octanol–water partition coefficient (Wildman–Crippen LogP) is 3.72. The number of aromatic nitrogens is 1. The fraction of sp³-hybridized carbons (Fsp3) is 0.333. The Balaban J connectivity index is 2.02. The topological polar surface area (TPSA) is 37.6 Å². The fourth-order valence-corrected chi connectivity index (χ4v) is 3.96. The molecule has 0 bridgehead atoms. The van der Waals surface area contributed by atoms with Crippen LogP contribution in [0.5, 0.6) is 0 Å². The molecule has 0 aliphatic carbocycles. The quantitative estimate of drug-likeness (QED) is 0.681. The van der Waals surface area contributed by atoms with Crippen LogP contribution in [0.2, 0.25) is 0 Å². The van der Waals surface area contributed by atoms with Gasteiger partial charge in [-0.05, 0) is 55.3 Å². The molecule has 1 aromatic heterocycles. The van der Waals surface area contributed by atoms with Gasteiger partial charge in [0, 0.05) is 5.56 Å². The highest BCUT2D eigenvalue weighted by Gasteiger charge is 2.32. The summed E-state index contributed by atoms with van der Waals surface area (Å²) in [6.45, 7) is 5.00. The first kappa shape index (κ1) is 21.3. The fourth-order valence-electron chi connectivity index (χ4n) is 2.89. The van der Waals surface area contributed by atoms with E-state index in [1.807, 2.05) is 40.1 Å². The Morgan fingerprint density at radius 3 is 2.48 bits per heavy atom. The van der Waals surface area contributed by atoms with Crippen molar-refractivity contribution in [3.8, 4) is 0 Å². The van der Waals surface area contributed by atoms with Crippen LogP contribution in [0.1, 0.15) is 27.0 Å². The van der Waals surface area contributed by atoms with E-state index in [4.69, 9.17) is 0 Å². The number of thiazole rings is 1. The number of carbonyl (C=O) groups is 1. The largest absolute Gasteiger partial charge is 0.416 e. The lowest BCUT2D eigenvalue weighted by Crippen LogP contribution is -3.06. The molecule has 3 aromatic rings. The van der Waals surface area contributed by atoms with Gasteiger partial charge in [-0.2, -0.15) is 13.2 Å². The van der Waals surface area contributed by atoms with E-state index in [1.165, 1.54) is 28.4 Å². The van der Waals surface area contributed by atoms with Gasteiger partial charge in [-0.3, -0.25) is 9.69 Å². The van der Waals surface area contributed by atoms with Gasteiger partial charge >= 0.3 is 6.18 Å². The van der Waals surface area contributed by atoms with Crippen molar-refractivity contribution in [3.05, 3.63) is 58.7 Å². The monoisotopic (exact) mass is 422 g/mol. The number of hydrogen-bond donors (Lipinski definition) is 1. The molecule has 4 nitrogen and oxygen atoms in total. The lowest BCUT2D eigenvalue weighted by Gasteiger charge is -2.21. The van der Waals surface area contributed by atoms with E-state index in [-0.39, 0.29) is 5.56 Å². The lowest BCUT2D eigenvalue weighted by molar-refractivity contribution is -0.856. The summed E-state index contributed by atoms with van der Waals surface area (Å²) < 4.78 is 40.2. The van der Waals surface area contributed by atoms with Crippen molar-refractivity contribution in [2.24, 2.45) is 0 Å². The lowest BCUT2D eigenvalue weighted by atomic mass is 10.1. The molecule has 0 radical (unpaired) electrons. The van der Waals surface area contributed by atoms with Gasteiger partial charge in [-0.25, -0.2) is 4.98 Å². The van der Waals surface area contributed by atoms with E-state index < -0.39 is 17.6 Å². The molecule has 0 saturated heterocycles. The van der Waals surface area contributed by atoms with Crippen molar-refractivity contribution in [1.29, 1.82) is 0 Å². The third-order valence-corrected chi connectivity index (χ3v) is 5.78. The van der Waals surface area contributed by atoms with Crippen LogP contribution in [0.15, 0.2) is 36.4 Å². The molecule has 154 valence electrons. The average molecular weight is 422 g/mol. The average Bonchev–Trinajstić information content (AvgIpc) is 3.03. The number of anilines is 1. The second-order valence-corrected chi connectivity index (χ2v) is 8.40. The number of carbonyl (C=O) groups excluding carboxylic acids is 1. The van der Waals surface area contributed by atoms with Crippen LogP contribution in [0.25, 0.3) is 10.2 Å². The van der Waals surface area contributed by atoms with Crippen molar-refractivity contribution in [1.82, 2.24) is 4.98 Å². The smallest absolute Gasteiger partial charge is 0.338 e. The Morgan fingerprint density at radius 2 is 1.83 bits per heavy atom. The minimum Gasteiger partial charge on any atom is -0.338 e. The molecule has 29 heavy (non-hydrogen) atoms. The molecule has 1 heterocycles. The number of benzene rings is 2. The van der Waals surface area contributed by atoms with Gasteiger partial charge in [0.05, 0.1) is 43.0 Å². The molecule has 0 aliphatic rings. The van der Waals surface area contributed by atoms with Gasteiger partial charge in [0.15, 0.2) is 5.13 Å². The van der Waals surface area contributed by atoms with Gasteiger partial charge in [0.25, 0.3) is 5.91 Å². The molecule has 1 N–H and O–H groups in total. The van der Waals surface area contributed by atoms with Crippen LogP contribution >= 0.6 is 11.3 Å². The third-order valence-electron chi connectivity index (χ3n) is 4.74. The summed E-state index contributed by atoms with van der Waals surface area (Å²) in [6.07, 6.45) is -4.50. The van der Waals surface area contributed by atoms with Crippen LogP contribution in [0, 0.1) is 13.8 Å². The van der Waals surface area contributed by atoms with E-state index in [9.17, 15) is 18.0 Å². The van der Waals surface area contributed by atoms with Gasteiger partial charge in [-0.1, -0.05) is 17.4 Å². The number of quaternary nitrogens is 1. The molecular formula is C21H23F3N3OS+. The van der Waals surface area contributed by atoms with Crippen molar-refractivity contribution >= 4 is 32.6 Å². The first-order valence-electron chi connectivity index (χ1n) is 9.22. The normalized spacial score (nSPS) is 12.0. The molecule has 0 aliphatic heterocycles. The second kappa shape index (κ2) is 8.12. The molecule has 1 amide bonds. The maximum Gasteiger partial charge on any atom is 0.416 e. The molecular weight excluding hydrogens is 399 g/mol. The van der Waals surface area contributed by atoms with E-state index in [1.54, 1.807) is 0 Å².